The average Bonchev–Trinajstić information content (AvgIpc) is 2.88. The lowest BCUT2D eigenvalue weighted by molar-refractivity contribution is 0.0699. The number of nitrogens with zero attached hydrogens (tertiary/aromatic N) is 1. The summed E-state index contributed by atoms with van der Waals surface area (Å²) in [6.07, 6.45) is 0. The van der Waals surface area contributed by atoms with Crippen molar-refractivity contribution >= 4 is 39.8 Å². The van der Waals surface area contributed by atoms with Crippen LogP contribution in [0.5, 0.6) is 0 Å². The Bertz CT molecular complexity index is 870. The van der Waals surface area contributed by atoms with Crippen molar-refractivity contribution in [2.24, 2.45) is 0 Å². The number of carboxylic acid groups (broad SMARTS) is 1. The molecule has 0 fully saturated rings. The van der Waals surface area contributed by atoms with Gasteiger partial charge in [0, 0.05) is 5.39 Å². The van der Waals surface area contributed by atoms with Crippen LogP contribution >= 0.6 is 22.9 Å². The number of fused-ring (bicyclic) bond motifs is 1. The van der Waals surface area contributed by atoms with Crippen molar-refractivity contribution in [2.45, 2.75) is 13.8 Å². The standard InChI is InChI=1S/C16H12ClNO2S/c1-8-3-4-10-11(16(19)20)7-12(18-15(10)9(8)2)13-5-6-14(17)21-13/h3-7H,1-2H3,(H,19,20). The number of benzene rings is 1. The number of halogens is 1. The van der Waals surface area contributed by atoms with Gasteiger partial charge in [0.2, 0.25) is 0 Å². The van der Waals surface area contributed by atoms with Crippen LogP contribution in [0.4, 0.5) is 0 Å². The SMILES string of the molecule is Cc1ccc2c(C(=O)O)cc(-c3ccc(Cl)s3)nc2c1C. The van der Waals surface area contributed by atoms with Gasteiger partial charge >= 0.3 is 5.97 Å². The summed E-state index contributed by atoms with van der Waals surface area (Å²) in [5.74, 6) is -0.949. The van der Waals surface area contributed by atoms with Crippen molar-refractivity contribution in [1.82, 2.24) is 4.98 Å². The van der Waals surface area contributed by atoms with Gasteiger partial charge in [-0.15, -0.1) is 11.3 Å². The van der Waals surface area contributed by atoms with E-state index in [2.05, 4.69) is 4.98 Å². The van der Waals surface area contributed by atoms with E-state index >= 15 is 0 Å². The number of pyridine rings is 1. The quantitative estimate of drug-likeness (QED) is 0.729. The van der Waals surface area contributed by atoms with E-state index in [-0.39, 0.29) is 5.56 Å². The summed E-state index contributed by atoms with van der Waals surface area (Å²) in [6, 6.07) is 9.00. The van der Waals surface area contributed by atoms with E-state index < -0.39 is 5.97 Å². The number of aromatic nitrogens is 1. The van der Waals surface area contributed by atoms with Gasteiger partial charge in [0.1, 0.15) is 0 Å². The number of hydrogen-bond donors (Lipinski definition) is 1. The smallest absolute Gasteiger partial charge is 0.336 e. The van der Waals surface area contributed by atoms with Gasteiger partial charge in [-0.3, -0.25) is 0 Å². The Labute approximate surface area is 130 Å². The third-order valence-corrected chi connectivity index (χ3v) is 4.82. The number of hydrogen-bond acceptors (Lipinski definition) is 3. The molecule has 0 aliphatic rings. The normalized spacial score (nSPS) is 11.0. The first-order valence-corrected chi connectivity index (χ1v) is 7.57. The first-order valence-electron chi connectivity index (χ1n) is 6.37. The van der Waals surface area contributed by atoms with Crippen molar-refractivity contribution in [3.05, 3.63) is 51.4 Å². The Morgan fingerprint density at radius 2 is 2.00 bits per heavy atom. The van der Waals surface area contributed by atoms with Crippen LogP contribution in [0.25, 0.3) is 21.5 Å². The molecule has 21 heavy (non-hydrogen) atoms. The second kappa shape index (κ2) is 5.13. The van der Waals surface area contributed by atoms with E-state index in [4.69, 9.17) is 11.6 Å². The lowest BCUT2D eigenvalue weighted by Gasteiger charge is -2.09. The van der Waals surface area contributed by atoms with Crippen molar-refractivity contribution in [1.29, 1.82) is 0 Å². The van der Waals surface area contributed by atoms with E-state index in [9.17, 15) is 9.90 Å². The van der Waals surface area contributed by atoms with Crippen LogP contribution in [0.2, 0.25) is 4.34 Å². The summed E-state index contributed by atoms with van der Waals surface area (Å²) in [7, 11) is 0. The maximum absolute atomic E-state index is 11.5. The van der Waals surface area contributed by atoms with Gasteiger partial charge in [-0.25, -0.2) is 9.78 Å². The van der Waals surface area contributed by atoms with E-state index in [1.165, 1.54) is 11.3 Å². The predicted molar refractivity (Wildman–Crippen MR) is 86.5 cm³/mol. The molecule has 2 heterocycles. The van der Waals surface area contributed by atoms with E-state index in [0.29, 0.717) is 15.4 Å². The van der Waals surface area contributed by atoms with Gasteiger partial charge in [-0.2, -0.15) is 0 Å². The predicted octanol–water partition coefficient (Wildman–Crippen LogP) is 4.93. The van der Waals surface area contributed by atoms with Crippen LogP contribution in [-0.2, 0) is 0 Å². The van der Waals surface area contributed by atoms with Crippen molar-refractivity contribution in [3.8, 4) is 10.6 Å². The summed E-state index contributed by atoms with van der Waals surface area (Å²) in [4.78, 5) is 17.1. The maximum Gasteiger partial charge on any atom is 0.336 e. The fourth-order valence-corrected chi connectivity index (χ4v) is 3.29. The molecule has 106 valence electrons. The largest absolute Gasteiger partial charge is 0.478 e. The molecule has 3 rings (SSSR count). The second-order valence-corrected chi connectivity index (χ2v) is 6.58. The monoisotopic (exact) mass is 317 g/mol. The zero-order chi connectivity index (χ0) is 15.1. The highest BCUT2D eigenvalue weighted by molar-refractivity contribution is 7.19. The van der Waals surface area contributed by atoms with Gasteiger partial charge in [0.05, 0.1) is 26.0 Å². The Balaban J connectivity index is 2.38. The third kappa shape index (κ3) is 2.41. The molecule has 0 aliphatic heterocycles. The number of rotatable bonds is 2. The zero-order valence-corrected chi connectivity index (χ0v) is 13.0. The lowest BCUT2D eigenvalue weighted by atomic mass is 10.0. The van der Waals surface area contributed by atoms with Crippen LogP contribution in [0.15, 0.2) is 30.3 Å². The Kier molecular flexibility index (Phi) is 3.43. The van der Waals surface area contributed by atoms with Crippen molar-refractivity contribution < 1.29 is 9.90 Å². The topological polar surface area (TPSA) is 50.2 Å². The van der Waals surface area contributed by atoms with Crippen molar-refractivity contribution in [2.75, 3.05) is 0 Å². The Hall–Kier alpha value is -1.91. The molecule has 0 unspecified atom stereocenters. The molecule has 0 aliphatic carbocycles. The van der Waals surface area contributed by atoms with Gasteiger partial charge < -0.3 is 5.11 Å². The summed E-state index contributed by atoms with van der Waals surface area (Å²) < 4.78 is 0.657. The molecule has 0 bridgehead atoms. The van der Waals surface area contributed by atoms with E-state index in [0.717, 1.165) is 21.5 Å². The molecule has 3 aromatic rings. The first kappa shape index (κ1) is 14.0. The zero-order valence-electron chi connectivity index (χ0n) is 11.5. The fourth-order valence-electron chi connectivity index (χ4n) is 2.28. The minimum absolute atomic E-state index is 0.266. The minimum Gasteiger partial charge on any atom is -0.478 e. The van der Waals surface area contributed by atoms with Gasteiger partial charge in [-0.05, 0) is 43.2 Å². The molecule has 0 atom stereocenters. The highest BCUT2D eigenvalue weighted by atomic mass is 35.5. The molecule has 0 saturated carbocycles. The summed E-state index contributed by atoms with van der Waals surface area (Å²) in [6.45, 7) is 3.95. The van der Waals surface area contributed by atoms with Crippen LogP contribution in [0.1, 0.15) is 21.5 Å². The van der Waals surface area contributed by atoms with Crippen LogP contribution in [-0.4, -0.2) is 16.1 Å². The second-order valence-electron chi connectivity index (χ2n) is 4.87. The van der Waals surface area contributed by atoms with Crippen LogP contribution in [0.3, 0.4) is 0 Å². The lowest BCUT2D eigenvalue weighted by Crippen LogP contribution is -2.01. The van der Waals surface area contributed by atoms with Gasteiger partial charge in [-0.1, -0.05) is 23.7 Å². The van der Waals surface area contributed by atoms with E-state index in [1.54, 1.807) is 12.1 Å². The molecule has 0 spiro atoms. The number of thiophene rings is 1. The molecule has 1 N–H and O–H groups in total. The van der Waals surface area contributed by atoms with Crippen LogP contribution < -0.4 is 0 Å². The fraction of sp³-hybridized carbons (Fsp3) is 0.125. The molecule has 5 heteroatoms. The van der Waals surface area contributed by atoms with Crippen molar-refractivity contribution in [3.63, 3.8) is 0 Å². The van der Waals surface area contributed by atoms with Crippen LogP contribution in [0, 0.1) is 13.8 Å². The minimum atomic E-state index is -0.949. The number of carbonyl (C=O) groups is 1. The number of aromatic carboxylic acids is 1. The summed E-state index contributed by atoms with van der Waals surface area (Å²) >= 11 is 7.35. The molecule has 0 saturated heterocycles. The Morgan fingerprint density at radius 1 is 1.24 bits per heavy atom. The van der Waals surface area contributed by atoms with E-state index in [1.807, 2.05) is 32.0 Å². The summed E-state index contributed by atoms with van der Waals surface area (Å²) in [5.41, 5.74) is 3.73. The highest BCUT2D eigenvalue weighted by Crippen LogP contribution is 2.33. The molecule has 1 aromatic carbocycles. The molecule has 3 nitrogen and oxygen atoms in total. The third-order valence-electron chi connectivity index (χ3n) is 3.56. The average molecular weight is 318 g/mol. The molecule has 0 radical (unpaired) electrons. The molecule has 2 aromatic heterocycles. The first-order chi connectivity index (χ1) is 9.97. The maximum atomic E-state index is 11.5. The Morgan fingerprint density at radius 3 is 2.62 bits per heavy atom. The number of carboxylic acids is 1. The molecular weight excluding hydrogens is 306 g/mol. The highest BCUT2D eigenvalue weighted by Gasteiger charge is 2.15. The number of aryl methyl sites for hydroxylation is 2. The van der Waals surface area contributed by atoms with Gasteiger partial charge in [0.25, 0.3) is 0 Å². The molecular formula is C16H12ClNO2S. The van der Waals surface area contributed by atoms with Gasteiger partial charge in [0.15, 0.2) is 0 Å². The summed E-state index contributed by atoms with van der Waals surface area (Å²) in [5, 5.41) is 10.1. The molecule has 0 amide bonds.